The first-order valence-corrected chi connectivity index (χ1v) is 8.66. The maximum Gasteiger partial charge on any atom is 0.242 e. The maximum atomic E-state index is 12.6. The van der Waals surface area contributed by atoms with Crippen LogP contribution in [0.4, 0.5) is 5.82 Å². The molecule has 6 heteroatoms. The molecule has 2 rings (SSSR count). The number of nitrogens with one attached hydrogen (secondary N) is 1. The summed E-state index contributed by atoms with van der Waals surface area (Å²) in [5.41, 5.74) is 6.16. The first kappa shape index (κ1) is 18.4. The smallest absolute Gasteiger partial charge is 0.242 e. The molecule has 2 atom stereocenters. The van der Waals surface area contributed by atoms with E-state index < -0.39 is 5.54 Å². The molecule has 0 aromatic carbocycles. The first-order chi connectivity index (χ1) is 11.3. The third kappa shape index (κ3) is 4.54. The van der Waals surface area contributed by atoms with Crippen LogP contribution in [0.5, 0.6) is 0 Å². The number of piperidine rings is 1. The topological polar surface area (TPSA) is 88.3 Å². The number of carbonyl (C=O) groups is 2. The zero-order valence-electron chi connectivity index (χ0n) is 14.8. The van der Waals surface area contributed by atoms with Crippen LogP contribution in [0.25, 0.3) is 0 Å². The minimum atomic E-state index is -0.856. The van der Waals surface area contributed by atoms with Gasteiger partial charge in [0.05, 0.1) is 11.5 Å². The molecule has 1 aliphatic heterocycles. The van der Waals surface area contributed by atoms with Crippen LogP contribution >= 0.6 is 0 Å². The fourth-order valence-corrected chi connectivity index (χ4v) is 3.20. The monoisotopic (exact) mass is 332 g/mol. The molecule has 1 fully saturated rings. The van der Waals surface area contributed by atoms with Gasteiger partial charge in [0.1, 0.15) is 5.82 Å². The molecule has 0 spiro atoms. The summed E-state index contributed by atoms with van der Waals surface area (Å²) in [5.74, 6) is 0.191. The number of anilines is 1. The number of aromatic nitrogens is 1. The maximum absolute atomic E-state index is 12.6. The molecule has 2 unspecified atom stereocenters. The summed E-state index contributed by atoms with van der Waals surface area (Å²) in [5, 5.41) is 2.86. The van der Waals surface area contributed by atoms with Crippen LogP contribution in [-0.2, 0) is 9.59 Å². The van der Waals surface area contributed by atoms with Crippen molar-refractivity contribution in [3.63, 3.8) is 0 Å². The molecule has 3 N–H and O–H groups in total. The van der Waals surface area contributed by atoms with E-state index in [1.165, 1.54) is 0 Å². The van der Waals surface area contributed by atoms with Crippen LogP contribution in [0.3, 0.4) is 0 Å². The van der Waals surface area contributed by atoms with E-state index in [2.05, 4.69) is 10.3 Å². The van der Waals surface area contributed by atoms with Gasteiger partial charge in [0, 0.05) is 18.8 Å². The highest BCUT2D eigenvalue weighted by molar-refractivity contribution is 5.93. The van der Waals surface area contributed by atoms with Crippen molar-refractivity contribution >= 4 is 17.6 Å². The van der Waals surface area contributed by atoms with Gasteiger partial charge in [-0.15, -0.1) is 0 Å². The molecule has 0 radical (unpaired) electrons. The van der Waals surface area contributed by atoms with Crippen molar-refractivity contribution in [3.8, 4) is 0 Å². The SMILES string of the molecule is CCCC(C)(N)C(=O)N1CCCC(C(=O)Nc2cccc(C)n2)C1. The highest BCUT2D eigenvalue weighted by Crippen LogP contribution is 2.22. The predicted octanol–water partition coefficient (Wildman–Crippen LogP) is 2.08. The Balaban J connectivity index is 1.99. The van der Waals surface area contributed by atoms with E-state index >= 15 is 0 Å². The number of amides is 2. The lowest BCUT2D eigenvalue weighted by molar-refractivity contribution is -0.139. The second-order valence-electron chi connectivity index (χ2n) is 6.91. The van der Waals surface area contributed by atoms with Crippen LogP contribution < -0.4 is 11.1 Å². The Morgan fingerprint density at radius 1 is 1.46 bits per heavy atom. The third-order valence-electron chi connectivity index (χ3n) is 4.48. The summed E-state index contributed by atoms with van der Waals surface area (Å²) in [4.78, 5) is 31.2. The van der Waals surface area contributed by atoms with E-state index in [1.54, 1.807) is 17.9 Å². The second kappa shape index (κ2) is 7.75. The fourth-order valence-electron chi connectivity index (χ4n) is 3.20. The summed E-state index contributed by atoms with van der Waals surface area (Å²) >= 11 is 0. The largest absolute Gasteiger partial charge is 0.340 e. The van der Waals surface area contributed by atoms with Gasteiger partial charge in [0.15, 0.2) is 0 Å². The average Bonchev–Trinajstić information content (AvgIpc) is 2.54. The van der Waals surface area contributed by atoms with Crippen molar-refractivity contribution in [2.24, 2.45) is 11.7 Å². The highest BCUT2D eigenvalue weighted by atomic mass is 16.2. The lowest BCUT2D eigenvalue weighted by Gasteiger charge is -2.37. The highest BCUT2D eigenvalue weighted by Gasteiger charge is 2.36. The molecule has 132 valence electrons. The fraction of sp³-hybridized carbons (Fsp3) is 0.611. The molecule has 1 saturated heterocycles. The molecule has 0 aliphatic carbocycles. The van der Waals surface area contributed by atoms with Gasteiger partial charge in [-0.25, -0.2) is 4.98 Å². The standard InChI is InChI=1S/C18H28N4O2/c1-4-10-18(3,19)17(24)22-11-6-8-14(12-22)16(23)21-15-9-5-7-13(2)20-15/h5,7,9,14H,4,6,8,10-12,19H2,1-3H3,(H,20,21,23). The lowest BCUT2D eigenvalue weighted by Crippen LogP contribution is -2.56. The summed E-state index contributed by atoms with van der Waals surface area (Å²) in [6, 6.07) is 5.51. The Bertz CT molecular complexity index is 600. The van der Waals surface area contributed by atoms with Gasteiger partial charge in [-0.2, -0.15) is 0 Å². The van der Waals surface area contributed by atoms with Gasteiger partial charge in [-0.05, 0) is 45.2 Å². The van der Waals surface area contributed by atoms with Crippen molar-refractivity contribution in [2.45, 2.75) is 52.0 Å². The van der Waals surface area contributed by atoms with Gasteiger partial charge < -0.3 is 16.0 Å². The Hall–Kier alpha value is -1.95. The number of nitrogens with two attached hydrogens (primary N) is 1. The number of rotatable bonds is 5. The lowest BCUT2D eigenvalue weighted by atomic mass is 9.91. The Kier molecular flexibility index (Phi) is 5.94. The van der Waals surface area contributed by atoms with Gasteiger partial charge in [0.2, 0.25) is 11.8 Å². The number of hydrogen-bond donors (Lipinski definition) is 2. The number of likely N-dealkylation sites (tertiary alicyclic amines) is 1. The Morgan fingerprint density at radius 3 is 2.88 bits per heavy atom. The quantitative estimate of drug-likeness (QED) is 0.864. The normalized spacial score (nSPS) is 20.3. The zero-order valence-corrected chi connectivity index (χ0v) is 14.8. The molecule has 1 aromatic rings. The molecule has 2 amide bonds. The first-order valence-electron chi connectivity index (χ1n) is 8.66. The van der Waals surface area contributed by atoms with E-state index in [0.29, 0.717) is 25.3 Å². The van der Waals surface area contributed by atoms with Gasteiger partial charge >= 0.3 is 0 Å². The van der Waals surface area contributed by atoms with Crippen molar-refractivity contribution < 1.29 is 9.59 Å². The minimum absolute atomic E-state index is 0.0597. The second-order valence-corrected chi connectivity index (χ2v) is 6.91. The molecule has 0 saturated carbocycles. The molecule has 1 aromatic heterocycles. The van der Waals surface area contributed by atoms with Crippen LogP contribution in [0.2, 0.25) is 0 Å². The molecular weight excluding hydrogens is 304 g/mol. The molecule has 6 nitrogen and oxygen atoms in total. The molecule has 1 aliphatic rings. The van der Waals surface area contributed by atoms with E-state index in [0.717, 1.165) is 25.0 Å². The summed E-state index contributed by atoms with van der Waals surface area (Å²) < 4.78 is 0. The number of pyridine rings is 1. The Labute approximate surface area is 143 Å². The predicted molar refractivity (Wildman–Crippen MR) is 94.4 cm³/mol. The van der Waals surface area contributed by atoms with Gasteiger partial charge in [-0.3, -0.25) is 9.59 Å². The molecular formula is C18H28N4O2. The van der Waals surface area contributed by atoms with Crippen molar-refractivity contribution in [1.82, 2.24) is 9.88 Å². The number of hydrogen-bond acceptors (Lipinski definition) is 4. The van der Waals surface area contributed by atoms with Gasteiger partial charge in [0.25, 0.3) is 0 Å². The average molecular weight is 332 g/mol. The zero-order chi connectivity index (χ0) is 17.7. The number of carbonyl (C=O) groups excluding carboxylic acids is 2. The van der Waals surface area contributed by atoms with E-state index in [1.807, 2.05) is 26.0 Å². The molecule has 2 heterocycles. The summed E-state index contributed by atoms with van der Waals surface area (Å²) in [7, 11) is 0. The molecule has 24 heavy (non-hydrogen) atoms. The van der Waals surface area contributed by atoms with E-state index in [4.69, 9.17) is 5.73 Å². The van der Waals surface area contributed by atoms with Crippen molar-refractivity contribution in [3.05, 3.63) is 23.9 Å². The van der Waals surface area contributed by atoms with Crippen LogP contribution in [0.1, 0.15) is 45.2 Å². The Morgan fingerprint density at radius 2 is 2.21 bits per heavy atom. The summed E-state index contributed by atoms with van der Waals surface area (Å²) in [6.45, 7) is 6.76. The van der Waals surface area contributed by atoms with Crippen LogP contribution in [0.15, 0.2) is 18.2 Å². The minimum Gasteiger partial charge on any atom is -0.340 e. The van der Waals surface area contributed by atoms with E-state index in [-0.39, 0.29) is 17.7 Å². The van der Waals surface area contributed by atoms with Crippen molar-refractivity contribution in [2.75, 3.05) is 18.4 Å². The van der Waals surface area contributed by atoms with Gasteiger partial charge in [-0.1, -0.05) is 19.4 Å². The third-order valence-corrected chi connectivity index (χ3v) is 4.48. The van der Waals surface area contributed by atoms with Crippen LogP contribution in [-0.4, -0.2) is 40.3 Å². The van der Waals surface area contributed by atoms with Crippen LogP contribution in [0, 0.1) is 12.8 Å². The van der Waals surface area contributed by atoms with E-state index in [9.17, 15) is 9.59 Å². The molecule has 0 bridgehead atoms. The summed E-state index contributed by atoms with van der Waals surface area (Å²) in [6.07, 6.45) is 3.09. The van der Waals surface area contributed by atoms with Crippen molar-refractivity contribution in [1.29, 1.82) is 0 Å². The number of nitrogens with zero attached hydrogens (tertiary/aromatic N) is 2. The number of aryl methyl sites for hydroxylation is 1.